The van der Waals surface area contributed by atoms with Crippen molar-refractivity contribution in [1.29, 1.82) is 0 Å². The summed E-state index contributed by atoms with van der Waals surface area (Å²) in [7, 11) is 1.58. The van der Waals surface area contributed by atoms with Crippen LogP contribution in [-0.2, 0) is 9.53 Å². The number of methoxy groups -OCH3 is 1. The Kier molecular flexibility index (Phi) is 7.05. The second-order valence-electron chi connectivity index (χ2n) is 6.32. The highest BCUT2D eigenvalue weighted by Gasteiger charge is 2.26. The first kappa shape index (κ1) is 19.8. The van der Waals surface area contributed by atoms with Gasteiger partial charge < -0.3 is 19.9 Å². The number of nitro benzene ring substituents is 1. The molecular formula is C17H25N4O5+. The summed E-state index contributed by atoms with van der Waals surface area (Å²) in [6.07, 6.45) is 0. The number of ether oxygens (including phenoxy) is 1. The van der Waals surface area contributed by atoms with Crippen LogP contribution in [0.15, 0.2) is 18.2 Å². The normalized spacial score (nSPS) is 14.9. The quantitative estimate of drug-likeness (QED) is 0.366. The summed E-state index contributed by atoms with van der Waals surface area (Å²) in [6.45, 7) is 5.46. The number of nitrogens with zero attached hydrogens (tertiary/aromatic N) is 2. The molecule has 2 amide bonds. The summed E-state index contributed by atoms with van der Waals surface area (Å²) in [5.74, 6) is -0.158. The van der Waals surface area contributed by atoms with E-state index < -0.39 is 4.92 Å². The van der Waals surface area contributed by atoms with Crippen LogP contribution in [0.25, 0.3) is 0 Å². The van der Waals surface area contributed by atoms with Gasteiger partial charge >= 0.3 is 0 Å². The van der Waals surface area contributed by atoms with Gasteiger partial charge in [0.2, 0.25) is 0 Å². The number of amides is 2. The van der Waals surface area contributed by atoms with Crippen molar-refractivity contribution in [1.82, 2.24) is 10.2 Å². The third kappa shape index (κ3) is 5.24. The van der Waals surface area contributed by atoms with Crippen LogP contribution in [0, 0.1) is 17.0 Å². The van der Waals surface area contributed by atoms with Crippen LogP contribution in [0.2, 0.25) is 0 Å². The maximum Gasteiger partial charge on any atom is 0.275 e. The van der Waals surface area contributed by atoms with Crippen LogP contribution in [0.3, 0.4) is 0 Å². The number of carbonyl (C=O) groups excluding carboxylic acids is 2. The van der Waals surface area contributed by atoms with Crippen molar-refractivity contribution in [3.63, 3.8) is 0 Å². The van der Waals surface area contributed by atoms with Gasteiger partial charge in [0.1, 0.15) is 0 Å². The smallest absolute Gasteiger partial charge is 0.275 e. The first-order valence-electron chi connectivity index (χ1n) is 8.56. The van der Waals surface area contributed by atoms with Crippen molar-refractivity contribution in [2.45, 2.75) is 6.92 Å². The van der Waals surface area contributed by atoms with E-state index in [0.717, 1.165) is 4.90 Å². The molecule has 1 fully saturated rings. The predicted molar refractivity (Wildman–Crippen MR) is 94.2 cm³/mol. The summed E-state index contributed by atoms with van der Waals surface area (Å²) >= 11 is 0. The molecule has 0 unspecified atom stereocenters. The van der Waals surface area contributed by atoms with Gasteiger partial charge in [-0.05, 0) is 19.1 Å². The van der Waals surface area contributed by atoms with Gasteiger partial charge in [0, 0.05) is 30.8 Å². The van der Waals surface area contributed by atoms with E-state index in [1.54, 1.807) is 25.0 Å². The van der Waals surface area contributed by atoms with Crippen LogP contribution in [0.4, 0.5) is 5.69 Å². The van der Waals surface area contributed by atoms with Crippen molar-refractivity contribution in [2.75, 3.05) is 53.0 Å². The summed E-state index contributed by atoms with van der Waals surface area (Å²) in [6, 6.07) is 4.42. The first-order valence-corrected chi connectivity index (χ1v) is 8.56. The van der Waals surface area contributed by atoms with E-state index in [2.05, 4.69) is 5.32 Å². The Labute approximate surface area is 152 Å². The van der Waals surface area contributed by atoms with Gasteiger partial charge in [-0.2, -0.15) is 0 Å². The van der Waals surface area contributed by atoms with Crippen molar-refractivity contribution < 1.29 is 24.1 Å². The molecule has 0 aromatic heterocycles. The SMILES string of the molecule is COCCNC(=O)C[NH+]1CCN(C(=O)c2ccc([N+](=O)[O-])c(C)c2)CC1. The molecule has 1 aliphatic heterocycles. The van der Waals surface area contributed by atoms with E-state index in [4.69, 9.17) is 4.74 Å². The summed E-state index contributed by atoms with van der Waals surface area (Å²) in [4.78, 5) is 37.7. The lowest BCUT2D eigenvalue weighted by Crippen LogP contribution is -3.15. The van der Waals surface area contributed by atoms with Gasteiger partial charge in [-0.15, -0.1) is 0 Å². The van der Waals surface area contributed by atoms with E-state index in [1.165, 1.54) is 12.1 Å². The van der Waals surface area contributed by atoms with Crippen LogP contribution in [0.5, 0.6) is 0 Å². The topological polar surface area (TPSA) is 106 Å². The maximum absolute atomic E-state index is 12.6. The third-order valence-corrected chi connectivity index (χ3v) is 4.44. The summed E-state index contributed by atoms with van der Waals surface area (Å²) in [5, 5.41) is 13.7. The number of hydrogen-bond donors (Lipinski definition) is 2. The molecule has 0 spiro atoms. The summed E-state index contributed by atoms with van der Waals surface area (Å²) in [5.41, 5.74) is 0.932. The second kappa shape index (κ2) is 9.25. The van der Waals surface area contributed by atoms with Gasteiger partial charge in [0.25, 0.3) is 17.5 Å². The number of nitro groups is 1. The van der Waals surface area contributed by atoms with Gasteiger partial charge in [0.15, 0.2) is 6.54 Å². The number of nitrogens with one attached hydrogen (secondary N) is 2. The zero-order valence-corrected chi connectivity index (χ0v) is 15.1. The summed E-state index contributed by atoms with van der Waals surface area (Å²) < 4.78 is 4.89. The minimum atomic E-state index is -0.455. The van der Waals surface area contributed by atoms with Crippen molar-refractivity contribution >= 4 is 17.5 Å². The fourth-order valence-electron chi connectivity index (χ4n) is 2.96. The minimum Gasteiger partial charge on any atom is -0.383 e. The second-order valence-corrected chi connectivity index (χ2v) is 6.32. The van der Waals surface area contributed by atoms with E-state index in [1.807, 2.05) is 0 Å². The van der Waals surface area contributed by atoms with Crippen LogP contribution in [0.1, 0.15) is 15.9 Å². The maximum atomic E-state index is 12.6. The monoisotopic (exact) mass is 365 g/mol. The molecular weight excluding hydrogens is 340 g/mol. The van der Waals surface area contributed by atoms with Crippen molar-refractivity contribution in [3.8, 4) is 0 Å². The molecule has 1 saturated heterocycles. The number of quaternary nitrogens is 1. The Hall–Kier alpha value is -2.52. The van der Waals surface area contributed by atoms with Gasteiger partial charge in [0.05, 0.1) is 37.7 Å². The fourth-order valence-corrected chi connectivity index (χ4v) is 2.96. The van der Waals surface area contributed by atoms with E-state index >= 15 is 0 Å². The molecule has 142 valence electrons. The highest BCUT2D eigenvalue weighted by Crippen LogP contribution is 2.19. The molecule has 0 radical (unpaired) electrons. The molecule has 1 heterocycles. The lowest BCUT2D eigenvalue weighted by molar-refractivity contribution is -0.896. The highest BCUT2D eigenvalue weighted by molar-refractivity contribution is 5.94. The predicted octanol–water partition coefficient (Wildman–Crippen LogP) is -0.993. The van der Waals surface area contributed by atoms with E-state index in [0.29, 0.717) is 57.0 Å². The molecule has 0 saturated carbocycles. The molecule has 9 heteroatoms. The first-order chi connectivity index (χ1) is 12.4. The number of hydrogen-bond acceptors (Lipinski definition) is 5. The molecule has 9 nitrogen and oxygen atoms in total. The molecule has 0 atom stereocenters. The van der Waals surface area contributed by atoms with Gasteiger partial charge in [-0.3, -0.25) is 19.7 Å². The lowest BCUT2D eigenvalue weighted by atomic mass is 10.1. The number of carbonyl (C=O) groups is 2. The van der Waals surface area contributed by atoms with Crippen LogP contribution < -0.4 is 10.2 Å². The third-order valence-electron chi connectivity index (χ3n) is 4.44. The number of piperazine rings is 1. The Morgan fingerprint density at radius 1 is 1.35 bits per heavy atom. The largest absolute Gasteiger partial charge is 0.383 e. The van der Waals surface area contributed by atoms with Crippen molar-refractivity contribution in [2.24, 2.45) is 0 Å². The number of rotatable bonds is 7. The Bertz CT molecular complexity index is 671. The van der Waals surface area contributed by atoms with Gasteiger partial charge in [-0.25, -0.2) is 0 Å². The molecule has 2 N–H and O–H groups in total. The average Bonchev–Trinajstić information content (AvgIpc) is 2.61. The minimum absolute atomic E-state index is 0.00954. The Balaban J connectivity index is 1.85. The standard InChI is InChI=1S/C17H24N4O5/c1-13-11-14(3-4-15(13)21(24)25)17(23)20-8-6-19(7-9-20)12-16(22)18-5-10-26-2/h3-4,11H,5-10,12H2,1-2H3,(H,18,22)/p+1. The molecule has 26 heavy (non-hydrogen) atoms. The zero-order valence-electron chi connectivity index (χ0n) is 15.1. The molecule has 1 aliphatic rings. The lowest BCUT2D eigenvalue weighted by Gasteiger charge is -2.32. The molecule has 1 aromatic carbocycles. The molecule has 2 rings (SSSR count). The Morgan fingerprint density at radius 3 is 2.62 bits per heavy atom. The average molecular weight is 365 g/mol. The van der Waals surface area contributed by atoms with Crippen LogP contribution >= 0.6 is 0 Å². The number of benzene rings is 1. The van der Waals surface area contributed by atoms with Crippen LogP contribution in [-0.4, -0.2) is 74.6 Å². The Morgan fingerprint density at radius 2 is 2.04 bits per heavy atom. The van der Waals surface area contributed by atoms with E-state index in [-0.39, 0.29) is 17.5 Å². The zero-order chi connectivity index (χ0) is 19.1. The molecule has 1 aromatic rings. The van der Waals surface area contributed by atoms with Crippen molar-refractivity contribution in [3.05, 3.63) is 39.4 Å². The number of aryl methyl sites for hydroxylation is 1. The van der Waals surface area contributed by atoms with Gasteiger partial charge in [-0.1, -0.05) is 0 Å². The van der Waals surface area contributed by atoms with E-state index in [9.17, 15) is 19.7 Å². The highest BCUT2D eigenvalue weighted by atomic mass is 16.6. The molecule has 0 bridgehead atoms. The molecule has 0 aliphatic carbocycles. The fraction of sp³-hybridized carbons (Fsp3) is 0.529.